The lowest BCUT2D eigenvalue weighted by Gasteiger charge is -2.19. The van der Waals surface area contributed by atoms with Crippen molar-refractivity contribution in [3.8, 4) is 6.01 Å². The highest BCUT2D eigenvalue weighted by atomic mass is 32.2. The van der Waals surface area contributed by atoms with Gasteiger partial charge in [-0.3, -0.25) is 4.57 Å². The molecule has 0 bridgehead atoms. The molecule has 2 saturated heterocycles. The number of pyridine rings is 1. The Morgan fingerprint density at radius 1 is 1.04 bits per heavy atom. The monoisotopic (exact) mass is 674 g/mol. The molecule has 4 heterocycles. The molecular weight excluding hydrogens is 628 g/mol. The number of nitrogens with zero attached hydrogens (tertiary/aromatic N) is 4. The molecule has 1 aromatic carbocycles. The first-order valence-corrected chi connectivity index (χ1v) is 22.4. The van der Waals surface area contributed by atoms with Crippen molar-refractivity contribution >= 4 is 34.7 Å². The summed E-state index contributed by atoms with van der Waals surface area (Å²) < 4.78 is 57.9. The number of hydrogen-bond donors (Lipinski definition) is 1. The summed E-state index contributed by atoms with van der Waals surface area (Å²) >= 11 is 0. The minimum absolute atomic E-state index is 0.0200. The molecule has 6 atom stereocenters. The van der Waals surface area contributed by atoms with Crippen LogP contribution in [0.4, 0.5) is 10.1 Å². The number of benzene rings is 1. The van der Waals surface area contributed by atoms with Gasteiger partial charge in [0.2, 0.25) is 0 Å². The first kappa shape index (κ1) is 33.5. The molecule has 10 nitrogen and oxygen atoms in total. The van der Waals surface area contributed by atoms with Gasteiger partial charge >= 0.3 is 6.01 Å². The fourth-order valence-corrected chi connectivity index (χ4v) is 8.09. The maximum atomic E-state index is 15.9. The van der Waals surface area contributed by atoms with Crippen LogP contribution in [0.15, 0.2) is 34.7 Å². The maximum Gasteiger partial charge on any atom is 0.301 e. The zero-order valence-electron chi connectivity index (χ0n) is 27.5. The number of rotatable bonds is 10. The standard InChI is InChI=1S/C33H47FN4O6SSi/c1-45(2,40)37-24-13-11-22(12-14-24)21-7-6-8-23(10-9-21)29-25(34)17-26-32(35-29)36-33(38(26)20-41-15-16-46(3,4)5)44-28-19-43-30-27(39)18-42-31(28)30/h11-14,17,21,23,27-28,30-31,39H,6-10,15-16,18-20H2,1-5H3/t21?,23?,27-,28-,30-,31-/m1/s1. The average Bonchev–Trinajstić information content (AvgIpc) is 3.58. The van der Waals surface area contributed by atoms with Gasteiger partial charge in [-0.05, 0) is 55.3 Å². The van der Waals surface area contributed by atoms with E-state index in [1.54, 1.807) is 17.1 Å². The third-order valence-electron chi connectivity index (χ3n) is 9.19. The van der Waals surface area contributed by atoms with Crippen molar-refractivity contribution < 1.29 is 32.7 Å². The van der Waals surface area contributed by atoms with Crippen LogP contribution < -0.4 is 4.74 Å². The number of halogens is 1. The SMILES string of the molecule is C[Si](C)(C)CCOCn1c(O[C@@H]2CO[C@H]3[C@@H]2OC[C@H]3O)nc2nc(C3CCCC(c4ccc(N=S(C)(C)=O)cc4)CC3)c(F)cc21. The van der Waals surface area contributed by atoms with Crippen molar-refractivity contribution in [3.05, 3.63) is 47.4 Å². The number of aromatic nitrogens is 3. The number of ether oxygens (including phenoxy) is 4. The quantitative estimate of drug-likeness (QED) is 0.159. The Balaban J connectivity index is 1.21. The van der Waals surface area contributed by atoms with E-state index in [2.05, 4.69) is 36.1 Å². The summed E-state index contributed by atoms with van der Waals surface area (Å²) in [5.74, 6) is -0.000815. The molecule has 3 aliphatic rings. The van der Waals surface area contributed by atoms with Crippen molar-refractivity contribution in [1.29, 1.82) is 0 Å². The summed E-state index contributed by atoms with van der Waals surface area (Å²) in [6.07, 6.45) is 5.84. The Kier molecular flexibility index (Phi) is 9.89. The minimum Gasteiger partial charge on any atom is -0.456 e. The first-order chi connectivity index (χ1) is 21.8. The molecule has 3 fully saturated rings. The topological polar surface area (TPSA) is 117 Å². The molecule has 1 aliphatic carbocycles. The van der Waals surface area contributed by atoms with E-state index in [1.165, 1.54) is 11.6 Å². The number of fused-ring (bicyclic) bond motifs is 2. The molecule has 46 heavy (non-hydrogen) atoms. The van der Waals surface area contributed by atoms with Crippen LogP contribution in [0, 0.1) is 5.82 Å². The van der Waals surface area contributed by atoms with Crippen LogP contribution >= 0.6 is 0 Å². The second-order valence-electron chi connectivity index (χ2n) is 14.5. The summed E-state index contributed by atoms with van der Waals surface area (Å²) in [4.78, 5) is 9.55. The number of aliphatic hydroxyl groups excluding tert-OH is 1. The smallest absolute Gasteiger partial charge is 0.301 e. The van der Waals surface area contributed by atoms with Crippen LogP contribution in [0.1, 0.15) is 55.2 Å². The van der Waals surface area contributed by atoms with Crippen LogP contribution in [-0.2, 0) is 30.7 Å². The van der Waals surface area contributed by atoms with Gasteiger partial charge in [0, 0.05) is 48.9 Å². The van der Waals surface area contributed by atoms with E-state index in [0.29, 0.717) is 29.4 Å². The van der Waals surface area contributed by atoms with E-state index in [1.807, 2.05) is 12.1 Å². The van der Waals surface area contributed by atoms with Gasteiger partial charge in [0.1, 0.15) is 30.9 Å². The summed E-state index contributed by atoms with van der Waals surface area (Å²) in [6, 6.07) is 10.8. The van der Waals surface area contributed by atoms with E-state index in [4.69, 9.17) is 28.9 Å². The average molecular weight is 675 g/mol. The lowest BCUT2D eigenvalue weighted by molar-refractivity contribution is 0.00339. The predicted octanol–water partition coefficient (Wildman–Crippen LogP) is 5.98. The molecule has 2 unspecified atom stereocenters. The highest BCUT2D eigenvalue weighted by Crippen LogP contribution is 2.40. The van der Waals surface area contributed by atoms with Crippen LogP contribution in [0.5, 0.6) is 6.01 Å². The van der Waals surface area contributed by atoms with Gasteiger partial charge in [0.05, 0.1) is 30.1 Å². The maximum absolute atomic E-state index is 15.9. The first-order valence-electron chi connectivity index (χ1n) is 16.3. The van der Waals surface area contributed by atoms with Crippen molar-refractivity contribution in [2.75, 3.05) is 32.3 Å². The highest BCUT2D eigenvalue weighted by Gasteiger charge is 2.49. The molecule has 6 rings (SSSR count). The lowest BCUT2D eigenvalue weighted by atomic mass is 9.90. The van der Waals surface area contributed by atoms with Crippen LogP contribution in [0.2, 0.25) is 25.7 Å². The summed E-state index contributed by atoms with van der Waals surface area (Å²) in [6.45, 7) is 8.10. The summed E-state index contributed by atoms with van der Waals surface area (Å²) in [5, 5.41) is 10.2. The molecule has 2 aliphatic heterocycles. The second kappa shape index (κ2) is 13.6. The Morgan fingerprint density at radius 2 is 1.76 bits per heavy atom. The molecule has 0 radical (unpaired) electrons. The molecule has 13 heteroatoms. The molecule has 1 N–H and O–H groups in total. The lowest BCUT2D eigenvalue weighted by Crippen LogP contribution is -2.35. The van der Waals surface area contributed by atoms with Gasteiger partial charge in [-0.1, -0.05) is 38.2 Å². The Morgan fingerprint density at radius 3 is 2.50 bits per heavy atom. The van der Waals surface area contributed by atoms with Crippen molar-refractivity contribution in [2.45, 2.75) is 101 Å². The number of aliphatic hydroxyl groups is 1. The minimum atomic E-state index is -2.21. The van der Waals surface area contributed by atoms with E-state index in [9.17, 15) is 9.32 Å². The van der Waals surface area contributed by atoms with Gasteiger partial charge < -0.3 is 24.1 Å². The molecule has 0 spiro atoms. The van der Waals surface area contributed by atoms with E-state index in [-0.39, 0.29) is 37.7 Å². The zero-order valence-corrected chi connectivity index (χ0v) is 29.3. The molecule has 3 aromatic rings. The largest absolute Gasteiger partial charge is 0.456 e. The number of hydrogen-bond acceptors (Lipinski definition) is 9. The Hall–Kier alpha value is -2.42. The Labute approximate surface area is 272 Å². The van der Waals surface area contributed by atoms with Crippen molar-refractivity contribution in [2.24, 2.45) is 4.36 Å². The van der Waals surface area contributed by atoms with E-state index < -0.39 is 42.2 Å². The third-order valence-corrected chi connectivity index (χ3v) is 11.5. The van der Waals surface area contributed by atoms with E-state index >= 15 is 4.39 Å². The summed E-state index contributed by atoms with van der Waals surface area (Å²) in [7, 11) is -3.51. The molecule has 1 saturated carbocycles. The fourth-order valence-electron chi connectivity index (χ4n) is 6.70. The zero-order chi connectivity index (χ0) is 32.6. The van der Waals surface area contributed by atoms with Gasteiger partial charge in [-0.25, -0.2) is 13.6 Å². The van der Waals surface area contributed by atoms with Crippen LogP contribution in [0.3, 0.4) is 0 Å². The Bertz CT molecular complexity index is 1650. The van der Waals surface area contributed by atoms with Gasteiger partial charge in [-0.2, -0.15) is 9.35 Å². The van der Waals surface area contributed by atoms with Gasteiger partial charge in [-0.15, -0.1) is 0 Å². The van der Waals surface area contributed by atoms with Crippen LogP contribution in [-0.4, -0.2) is 88.7 Å². The molecule has 0 amide bonds. The number of imidazole rings is 1. The van der Waals surface area contributed by atoms with Gasteiger partial charge in [0.25, 0.3) is 0 Å². The van der Waals surface area contributed by atoms with Crippen molar-refractivity contribution in [3.63, 3.8) is 0 Å². The van der Waals surface area contributed by atoms with E-state index in [0.717, 1.165) is 43.8 Å². The van der Waals surface area contributed by atoms with Gasteiger partial charge in [0.15, 0.2) is 11.8 Å². The second-order valence-corrected chi connectivity index (χ2v) is 22.6. The highest BCUT2D eigenvalue weighted by molar-refractivity contribution is 7.92. The normalized spacial score (nSPS) is 27.1. The van der Waals surface area contributed by atoms with Crippen molar-refractivity contribution in [1.82, 2.24) is 14.5 Å². The molecule has 252 valence electrons. The fraction of sp³-hybridized carbons (Fsp3) is 0.636. The predicted molar refractivity (Wildman–Crippen MR) is 179 cm³/mol. The summed E-state index contributed by atoms with van der Waals surface area (Å²) in [5.41, 5.74) is 3.35. The van der Waals surface area contributed by atoms with Crippen LogP contribution in [0.25, 0.3) is 11.2 Å². The third kappa shape index (κ3) is 7.82. The molecular formula is C33H47FN4O6SSi. The molecule has 2 aromatic heterocycles.